The first kappa shape index (κ1) is 18.7. The maximum absolute atomic E-state index is 13.1. The molecule has 0 saturated carbocycles. The predicted octanol–water partition coefficient (Wildman–Crippen LogP) is 3.33. The van der Waals surface area contributed by atoms with Gasteiger partial charge in [0.2, 0.25) is 5.82 Å². The van der Waals surface area contributed by atoms with Crippen LogP contribution >= 0.6 is 0 Å². The van der Waals surface area contributed by atoms with Crippen LogP contribution < -0.4 is 5.32 Å². The van der Waals surface area contributed by atoms with Crippen molar-refractivity contribution in [2.45, 2.75) is 19.8 Å². The topological polar surface area (TPSA) is 90.5 Å². The summed E-state index contributed by atoms with van der Waals surface area (Å²) in [6.45, 7) is 3.56. The number of hydrogen-bond acceptors (Lipinski definition) is 4. The van der Waals surface area contributed by atoms with Crippen molar-refractivity contribution in [3.8, 4) is 6.07 Å². The Bertz CT molecular complexity index is 1110. The molecular formula is C22H21N5O2. The molecule has 1 aromatic carbocycles. The van der Waals surface area contributed by atoms with E-state index in [1.54, 1.807) is 47.0 Å². The van der Waals surface area contributed by atoms with Crippen molar-refractivity contribution in [1.29, 1.82) is 5.26 Å². The van der Waals surface area contributed by atoms with Gasteiger partial charge in [-0.15, -0.1) is 0 Å². The number of aromatic nitrogens is 2. The zero-order chi connectivity index (χ0) is 20.4. The van der Waals surface area contributed by atoms with Crippen molar-refractivity contribution in [1.82, 2.24) is 14.3 Å². The van der Waals surface area contributed by atoms with Gasteiger partial charge in [0.05, 0.1) is 17.1 Å². The molecule has 7 nitrogen and oxygen atoms in total. The summed E-state index contributed by atoms with van der Waals surface area (Å²) in [4.78, 5) is 32.2. The van der Waals surface area contributed by atoms with Crippen LogP contribution in [-0.4, -0.2) is 39.2 Å². The number of carbonyl (C=O) groups is 2. The number of pyridine rings is 1. The van der Waals surface area contributed by atoms with Crippen molar-refractivity contribution in [2.24, 2.45) is 5.92 Å². The van der Waals surface area contributed by atoms with Gasteiger partial charge in [0.1, 0.15) is 0 Å². The molecule has 0 radical (unpaired) electrons. The Hall–Kier alpha value is -3.66. The summed E-state index contributed by atoms with van der Waals surface area (Å²) < 4.78 is 1.64. The number of nitrogens with zero attached hydrogens (tertiary/aromatic N) is 4. The van der Waals surface area contributed by atoms with E-state index in [9.17, 15) is 9.59 Å². The molecule has 0 bridgehead atoms. The lowest BCUT2D eigenvalue weighted by atomic mass is 10.00. The van der Waals surface area contributed by atoms with Gasteiger partial charge in [0.15, 0.2) is 5.69 Å². The van der Waals surface area contributed by atoms with Gasteiger partial charge in [-0.05, 0) is 55.2 Å². The predicted molar refractivity (Wildman–Crippen MR) is 109 cm³/mol. The number of fused-ring (bicyclic) bond motifs is 1. The molecule has 1 aliphatic heterocycles. The Labute approximate surface area is 168 Å². The molecule has 0 aliphatic carbocycles. The second-order valence-corrected chi connectivity index (χ2v) is 7.38. The minimum absolute atomic E-state index is 0.141. The Kier molecular flexibility index (Phi) is 5.00. The maximum atomic E-state index is 13.1. The summed E-state index contributed by atoms with van der Waals surface area (Å²) in [7, 11) is 0. The summed E-state index contributed by atoms with van der Waals surface area (Å²) in [5, 5.41) is 11.7. The van der Waals surface area contributed by atoms with Crippen molar-refractivity contribution < 1.29 is 9.59 Å². The van der Waals surface area contributed by atoms with E-state index in [0.717, 1.165) is 12.8 Å². The average molecular weight is 387 g/mol. The number of benzene rings is 1. The molecule has 1 fully saturated rings. The van der Waals surface area contributed by atoms with E-state index in [4.69, 9.17) is 5.26 Å². The van der Waals surface area contributed by atoms with Gasteiger partial charge in [0, 0.05) is 25.0 Å². The number of nitriles is 1. The SMILES string of the molecule is CC1CCCN(C(=O)c2nc(C(=O)Nc3ccc(C#N)cc3)n3ccccc23)C1. The van der Waals surface area contributed by atoms with E-state index in [0.29, 0.717) is 41.5 Å². The monoisotopic (exact) mass is 387 g/mol. The van der Waals surface area contributed by atoms with Crippen molar-refractivity contribution >= 4 is 23.0 Å². The first-order valence-electron chi connectivity index (χ1n) is 9.64. The van der Waals surface area contributed by atoms with E-state index >= 15 is 0 Å². The molecule has 3 aromatic rings. The fourth-order valence-corrected chi connectivity index (χ4v) is 3.69. The van der Waals surface area contributed by atoms with E-state index in [2.05, 4.69) is 17.2 Å². The molecule has 1 N–H and O–H groups in total. The highest BCUT2D eigenvalue weighted by atomic mass is 16.2. The number of amides is 2. The summed E-state index contributed by atoms with van der Waals surface area (Å²) in [6, 6.07) is 14.0. The molecule has 0 spiro atoms. The largest absolute Gasteiger partial charge is 0.337 e. The van der Waals surface area contributed by atoms with Crippen molar-refractivity contribution in [3.63, 3.8) is 0 Å². The Balaban J connectivity index is 1.65. The average Bonchev–Trinajstić information content (AvgIpc) is 3.13. The molecule has 146 valence electrons. The Morgan fingerprint density at radius 2 is 2.00 bits per heavy atom. The van der Waals surface area contributed by atoms with Gasteiger partial charge >= 0.3 is 0 Å². The minimum atomic E-state index is -0.415. The van der Waals surface area contributed by atoms with Crippen molar-refractivity contribution in [2.75, 3.05) is 18.4 Å². The van der Waals surface area contributed by atoms with Crippen molar-refractivity contribution in [3.05, 3.63) is 65.7 Å². The molecular weight excluding hydrogens is 366 g/mol. The Morgan fingerprint density at radius 1 is 1.21 bits per heavy atom. The van der Waals surface area contributed by atoms with Crippen LogP contribution in [0.25, 0.3) is 5.52 Å². The number of piperidine rings is 1. The van der Waals surface area contributed by atoms with Crippen LogP contribution in [0, 0.1) is 17.2 Å². The molecule has 4 rings (SSSR count). The zero-order valence-electron chi connectivity index (χ0n) is 16.1. The molecule has 1 aliphatic rings. The van der Waals surface area contributed by atoms with Gasteiger partial charge in [0.25, 0.3) is 11.8 Å². The highest BCUT2D eigenvalue weighted by Crippen LogP contribution is 2.21. The second-order valence-electron chi connectivity index (χ2n) is 7.38. The number of likely N-dealkylation sites (tertiary alicyclic amines) is 1. The molecule has 29 heavy (non-hydrogen) atoms. The summed E-state index contributed by atoms with van der Waals surface area (Å²) >= 11 is 0. The lowest BCUT2D eigenvalue weighted by molar-refractivity contribution is 0.0679. The van der Waals surface area contributed by atoms with Gasteiger partial charge in [-0.25, -0.2) is 4.98 Å². The quantitative estimate of drug-likeness (QED) is 0.746. The third kappa shape index (κ3) is 3.69. The van der Waals surface area contributed by atoms with Gasteiger partial charge in [-0.3, -0.25) is 14.0 Å². The van der Waals surface area contributed by atoms with Crippen LogP contribution in [0.15, 0.2) is 48.7 Å². The first-order valence-corrected chi connectivity index (χ1v) is 9.64. The fraction of sp³-hybridized carbons (Fsp3) is 0.273. The number of imidazole rings is 1. The first-order chi connectivity index (χ1) is 14.1. The molecule has 1 saturated heterocycles. The van der Waals surface area contributed by atoms with E-state index in [-0.39, 0.29) is 11.7 Å². The molecule has 3 heterocycles. The highest BCUT2D eigenvalue weighted by Gasteiger charge is 2.27. The molecule has 2 aromatic heterocycles. The van der Waals surface area contributed by atoms with Crippen LogP contribution in [-0.2, 0) is 0 Å². The molecule has 1 atom stereocenters. The third-order valence-corrected chi connectivity index (χ3v) is 5.17. The van der Waals surface area contributed by atoms with Crippen LogP contribution in [0.1, 0.15) is 46.4 Å². The third-order valence-electron chi connectivity index (χ3n) is 5.17. The maximum Gasteiger partial charge on any atom is 0.292 e. The lowest BCUT2D eigenvalue weighted by Gasteiger charge is -2.30. The van der Waals surface area contributed by atoms with Crippen LogP contribution in [0.4, 0.5) is 5.69 Å². The highest BCUT2D eigenvalue weighted by molar-refractivity contribution is 6.06. The Morgan fingerprint density at radius 3 is 2.72 bits per heavy atom. The number of hydrogen-bond donors (Lipinski definition) is 1. The summed E-state index contributed by atoms with van der Waals surface area (Å²) in [5.41, 5.74) is 1.97. The van der Waals surface area contributed by atoms with Crippen LogP contribution in [0.5, 0.6) is 0 Å². The van der Waals surface area contributed by atoms with E-state index in [1.165, 1.54) is 0 Å². The molecule has 1 unspecified atom stereocenters. The van der Waals surface area contributed by atoms with Gasteiger partial charge in [-0.2, -0.15) is 5.26 Å². The standard InChI is InChI=1S/C22H21N5O2/c1-15-5-4-11-26(14-15)22(29)19-18-6-2-3-12-27(18)20(25-19)21(28)24-17-9-7-16(13-23)8-10-17/h2-3,6-10,12,15H,4-5,11,14H2,1H3,(H,24,28). The fourth-order valence-electron chi connectivity index (χ4n) is 3.69. The van der Waals surface area contributed by atoms with Crippen LogP contribution in [0.2, 0.25) is 0 Å². The normalized spacial score (nSPS) is 16.4. The number of carbonyl (C=O) groups excluding carboxylic acids is 2. The zero-order valence-corrected chi connectivity index (χ0v) is 16.1. The molecule has 7 heteroatoms. The van der Waals surface area contributed by atoms with Gasteiger partial charge in [-0.1, -0.05) is 13.0 Å². The molecule has 2 amide bonds. The van der Waals surface area contributed by atoms with E-state index < -0.39 is 5.91 Å². The number of rotatable bonds is 3. The van der Waals surface area contributed by atoms with Crippen LogP contribution in [0.3, 0.4) is 0 Å². The smallest absolute Gasteiger partial charge is 0.292 e. The van der Waals surface area contributed by atoms with Gasteiger partial charge < -0.3 is 10.2 Å². The summed E-state index contributed by atoms with van der Waals surface area (Å²) in [6.07, 6.45) is 3.82. The number of anilines is 1. The summed E-state index contributed by atoms with van der Waals surface area (Å²) in [5.74, 6) is 0.0544. The second kappa shape index (κ2) is 7.76. The van der Waals surface area contributed by atoms with E-state index in [1.807, 2.05) is 17.0 Å². The lowest BCUT2D eigenvalue weighted by Crippen LogP contribution is -2.39. The minimum Gasteiger partial charge on any atom is -0.337 e. The number of nitrogens with one attached hydrogen (secondary N) is 1.